The number of halogens is 1. The molecule has 0 saturated heterocycles. The predicted molar refractivity (Wildman–Crippen MR) is 73.7 cm³/mol. The van der Waals surface area contributed by atoms with Crippen LogP contribution in [0.2, 0.25) is 0 Å². The van der Waals surface area contributed by atoms with Crippen molar-refractivity contribution in [2.45, 2.75) is 58.2 Å². The quantitative estimate of drug-likeness (QED) is 0.883. The lowest BCUT2D eigenvalue weighted by Gasteiger charge is -2.29. The van der Waals surface area contributed by atoms with Gasteiger partial charge < -0.3 is 9.84 Å². The Bertz CT molecular complexity index is 417. The van der Waals surface area contributed by atoms with Crippen LogP contribution in [0.25, 0.3) is 0 Å². The molecule has 0 amide bonds. The average Bonchev–Trinajstić information content (AvgIpc) is 2.38. The van der Waals surface area contributed by atoms with Crippen LogP contribution in [-0.2, 0) is 0 Å². The second-order valence-electron chi connectivity index (χ2n) is 5.54. The van der Waals surface area contributed by atoms with Crippen molar-refractivity contribution in [3.63, 3.8) is 0 Å². The van der Waals surface area contributed by atoms with Crippen molar-refractivity contribution >= 4 is 0 Å². The summed E-state index contributed by atoms with van der Waals surface area (Å²) in [7, 11) is 0. The standard InChI is InChI=1S/C16H23FO2/c1-3-12-5-4-6-14(9-12)19-16-10-13(17)7-8-15(16)11(2)18/h7-8,10-12,14,18H,3-6,9H2,1-2H3/t11-,12?,14?/m0/s1. The largest absolute Gasteiger partial charge is 0.490 e. The lowest BCUT2D eigenvalue weighted by molar-refractivity contribution is 0.114. The molecule has 0 radical (unpaired) electrons. The number of benzene rings is 1. The molecule has 3 heteroatoms. The molecule has 1 aromatic carbocycles. The number of ether oxygens (including phenoxy) is 1. The van der Waals surface area contributed by atoms with E-state index in [9.17, 15) is 9.50 Å². The summed E-state index contributed by atoms with van der Waals surface area (Å²) >= 11 is 0. The Kier molecular flexibility index (Phi) is 4.81. The molecule has 0 spiro atoms. The highest BCUT2D eigenvalue weighted by molar-refractivity contribution is 5.35. The maximum Gasteiger partial charge on any atom is 0.128 e. The summed E-state index contributed by atoms with van der Waals surface area (Å²) in [5.74, 6) is 0.890. The van der Waals surface area contributed by atoms with Crippen LogP contribution < -0.4 is 4.74 Å². The minimum atomic E-state index is -0.638. The van der Waals surface area contributed by atoms with Crippen LogP contribution in [0.3, 0.4) is 0 Å². The third kappa shape index (κ3) is 3.69. The third-order valence-electron chi connectivity index (χ3n) is 4.03. The van der Waals surface area contributed by atoms with E-state index in [1.165, 1.54) is 31.4 Å². The first-order valence-electron chi connectivity index (χ1n) is 7.24. The van der Waals surface area contributed by atoms with Gasteiger partial charge in [-0.05, 0) is 44.2 Å². The van der Waals surface area contributed by atoms with E-state index >= 15 is 0 Å². The van der Waals surface area contributed by atoms with Gasteiger partial charge in [-0.15, -0.1) is 0 Å². The zero-order chi connectivity index (χ0) is 13.8. The van der Waals surface area contributed by atoms with Crippen molar-refractivity contribution in [1.82, 2.24) is 0 Å². The molecule has 1 aliphatic rings. The third-order valence-corrected chi connectivity index (χ3v) is 4.03. The minimum Gasteiger partial charge on any atom is -0.490 e. The highest BCUT2D eigenvalue weighted by Crippen LogP contribution is 2.32. The van der Waals surface area contributed by atoms with Crippen molar-refractivity contribution in [2.24, 2.45) is 5.92 Å². The first-order valence-corrected chi connectivity index (χ1v) is 7.24. The van der Waals surface area contributed by atoms with Crippen molar-refractivity contribution in [3.05, 3.63) is 29.6 Å². The first-order chi connectivity index (χ1) is 9.10. The molecule has 2 unspecified atom stereocenters. The molecule has 1 N–H and O–H groups in total. The molecule has 1 aromatic rings. The Morgan fingerprint density at radius 2 is 2.21 bits per heavy atom. The summed E-state index contributed by atoms with van der Waals surface area (Å²) in [4.78, 5) is 0. The molecule has 2 nitrogen and oxygen atoms in total. The minimum absolute atomic E-state index is 0.151. The monoisotopic (exact) mass is 266 g/mol. The Balaban J connectivity index is 2.11. The fourth-order valence-corrected chi connectivity index (χ4v) is 2.85. The second kappa shape index (κ2) is 6.38. The number of hydrogen-bond donors (Lipinski definition) is 1. The SMILES string of the molecule is CCC1CCCC(Oc2cc(F)ccc2[C@H](C)O)C1. The molecule has 0 aromatic heterocycles. The summed E-state index contributed by atoms with van der Waals surface area (Å²) in [6, 6.07) is 4.36. The zero-order valence-corrected chi connectivity index (χ0v) is 11.7. The van der Waals surface area contributed by atoms with E-state index in [2.05, 4.69) is 6.92 Å². The highest BCUT2D eigenvalue weighted by atomic mass is 19.1. The van der Waals surface area contributed by atoms with Gasteiger partial charge in [-0.25, -0.2) is 4.39 Å². The summed E-state index contributed by atoms with van der Waals surface area (Å²) in [6.07, 6.45) is 5.18. The number of aliphatic hydroxyl groups is 1. The molecular weight excluding hydrogens is 243 g/mol. The fraction of sp³-hybridized carbons (Fsp3) is 0.625. The van der Waals surface area contributed by atoms with Gasteiger partial charge in [0.1, 0.15) is 11.6 Å². The topological polar surface area (TPSA) is 29.5 Å². The van der Waals surface area contributed by atoms with E-state index in [-0.39, 0.29) is 11.9 Å². The molecule has 106 valence electrons. The van der Waals surface area contributed by atoms with E-state index in [4.69, 9.17) is 4.74 Å². The van der Waals surface area contributed by atoms with E-state index in [1.54, 1.807) is 13.0 Å². The van der Waals surface area contributed by atoms with Gasteiger partial charge in [-0.1, -0.05) is 19.8 Å². The molecular formula is C16H23FO2. The van der Waals surface area contributed by atoms with Crippen molar-refractivity contribution in [1.29, 1.82) is 0 Å². The summed E-state index contributed by atoms with van der Waals surface area (Å²) in [5.41, 5.74) is 0.667. The maximum absolute atomic E-state index is 13.3. The predicted octanol–water partition coefficient (Wildman–Crippen LogP) is 4.23. The van der Waals surface area contributed by atoms with Gasteiger partial charge in [0.25, 0.3) is 0 Å². The lowest BCUT2D eigenvalue weighted by atomic mass is 9.85. The normalized spacial score (nSPS) is 25.1. The Morgan fingerprint density at radius 3 is 2.89 bits per heavy atom. The molecule has 1 fully saturated rings. The molecule has 0 heterocycles. The van der Waals surface area contributed by atoms with E-state index in [0.717, 1.165) is 12.8 Å². The van der Waals surface area contributed by atoms with Gasteiger partial charge in [-0.2, -0.15) is 0 Å². The molecule has 2 rings (SSSR count). The Hall–Kier alpha value is -1.09. The number of hydrogen-bond acceptors (Lipinski definition) is 2. The smallest absolute Gasteiger partial charge is 0.128 e. The second-order valence-corrected chi connectivity index (χ2v) is 5.54. The molecule has 1 aliphatic carbocycles. The fourth-order valence-electron chi connectivity index (χ4n) is 2.85. The van der Waals surface area contributed by atoms with E-state index < -0.39 is 6.10 Å². The molecule has 0 aliphatic heterocycles. The summed E-state index contributed by atoms with van der Waals surface area (Å²) in [6.45, 7) is 3.88. The molecule has 0 bridgehead atoms. The van der Waals surface area contributed by atoms with Crippen LogP contribution in [0, 0.1) is 11.7 Å². The van der Waals surface area contributed by atoms with Crippen LogP contribution in [-0.4, -0.2) is 11.2 Å². The average molecular weight is 266 g/mol. The maximum atomic E-state index is 13.3. The van der Waals surface area contributed by atoms with Gasteiger partial charge in [-0.3, -0.25) is 0 Å². The molecule has 19 heavy (non-hydrogen) atoms. The van der Waals surface area contributed by atoms with E-state index in [1.807, 2.05) is 0 Å². The zero-order valence-electron chi connectivity index (χ0n) is 11.7. The van der Waals surface area contributed by atoms with Crippen LogP contribution in [0.1, 0.15) is 57.6 Å². The molecule has 1 saturated carbocycles. The first kappa shape index (κ1) is 14.3. The van der Waals surface area contributed by atoms with Gasteiger partial charge in [0.15, 0.2) is 0 Å². The van der Waals surface area contributed by atoms with Gasteiger partial charge in [0.2, 0.25) is 0 Å². The Morgan fingerprint density at radius 1 is 1.42 bits per heavy atom. The number of aliphatic hydroxyl groups excluding tert-OH is 1. The van der Waals surface area contributed by atoms with Crippen molar-refractivity contribution < 1.29 is 14.2 Å². The molecule has 3 atom stereocenters. The Labute approximate surface area is 114 Å². The van der Waals surface area contributed by atoms with Crippen LogP contribution in [0.5, 0.6) is 5.75 Å². The number of rotatable bonds is 4. The van der Waals surface area contributed by atoms with Crippen LogP contribution >= 0.6 is 0 Å². The van der Waals surface area contributed by atoms with E-state index in [0.29, 0.717) is 17.2 Å². The summed E-state index contributed by atoms with van der Waals surface area (Å²) in [5, 5.41) is 9.72. The lowest BCUT2D eigenvalue weighted by Crippen LogP contribution is -2.25. The van der Waals surface area contributed by atoms with Gasteiger partial charge in [0.05, 0.1) is 12.2 Å². The van der Waals surface area contributed by atoms with Crippen molar-refractivity contribution in [2.75, 3.05) is 0 Å². The van der Waals surface area contributed by atoms with Crippen molar-refractivity contribution in [3.8, 4) is 5.75 Å². The van der Waals surface area contributed by atoms with Gasteiger partial charge in [0, 0.05) is 11.6 Å². The van der Waals surface area contributed by atoms with Gasteiger partial charge >= 0.3 is 0 Å². The van der Waals surface area contributed by atoms with Crippen LogP contribution in [0.15, 0.2) is 18.2 Å². The van der Waals surface area contributed by atoms with Crippen LogP contribution in [0.4, 0.5) is 4.39 Å². The summed E-state index contributed by atoms with van der Waals surface area (Å²) < 4.78 is 19.3. The highest BCUT2D eigenvalue weighted by Gasteiger charge is 2.23.